The number of nitro benzene ring substituents is 1. The van der Waals surface area contributed by atoms with Crippen LogP contribution in [-0.4, -0.2) is 23.4 Å². The Bertz CT molecular complexity index is 540. The average molecular weight is 362 g/mol. The Hall–Kier alpha value is -1.70. The molecule has 0 fully saturated rings. The Morgan fingerprint density at radius 2 is 2.19 bits per heavy atom. The van der Waals surface area contributed by atoms with Crippen molar-refractivity contribution in [3.05, 3.63) is 32.5 Å². The van der Waals surface area contributed by atoms with Crippen LogP contribution in [0.1, 0.15) is 26.7 Å². The smallest absolute Gasteiger partial charge is 0.293 e. The number of amides is 1. The van der Waals surface area contributed by atoms with Gasteiger partial charge in [-0.25, -0.2) is 4.39 Å². The third-order valence-electron chi connectivity index (χ3n) is 2.92. The standard InChI is InChI=1S/C13H17BrFN3O3/c1-3-8(2)17-13(19)4-5-16-11-7-10(15)9(14)6-12(11)18(20)21/h6-8,16H,3-5H2,1-2H3,(H,17,19). The van der Waals surface area contributed by atoms with Crippen LogP contribution < -0.4 is 10.6 Å². The summed E-state index contributed by atoms with van der Waals surface area (Å²) in [6.07, 6.45) is 0.974. The number of nitrogens with zero attached hydrogens (tertiary/aromatic N) is 1. The van der Waals surface area contributed by atoms with Crippen LogP contribution in [0.3, 0.4) is 0 Å². The quantitative estimate of drug-likeness (QED) is 0.576. The van der Waals surface area contributed by atoms with Crippen molar-refractivity contribution >= 4 is 33.2 Å². The molecule has 1 aromatic carbocycles. The summed E-state index contributed by atoms with van der Waals surface area (Å²) in [5.74, 6) is -0.760. The van der Waals surface area contributed by atoms with Crippen molar-refractivity contribution in [1.82, 2.24) is 5.32 Å². The van der Waals surface area contributed by atoms with Crippen molar-refractivity contribution in [1.29, 1.82) is 0 Å². The summed E-state index contributed by atoms with van der Waals surface area (Å²) in [6, 6.07) is 2.21. The molecule has 0 heterocycles. The van der Waals surface area contributed by atoms with E-state index in [9.17, 15) is 19.3 Å². The Morgan fingerprint density at radius 3 is 2.76 bits per heavy atom. The summed E-state index contributed by atoms with van der Waals surface area (Å²) in [5, 5.41) is 16.4. The molecule has 2 N–H and O–H groups in total. The van der Waals surface area contributed by atoms with E-state index >= 15 is 0 Å². The van der Waals surface area contributed by atoms with E-state index in [0.29, 0.717) is 0 Å². The van der Waals surface area contributed by atoms with E-state index in [0.717, 1.165) is 18.6 Å². The number of rotatable bonds is 7. The molecule has 0 bridgehead atoms. The monoisotopic (exact) mass is 361 g/mol. The molecule has 0 saturated carbocycles. The van der Waals surface area contributed by atoms with E-state index in [-0.39, 0.29) is 40.8 Å². The van der Waals surface area contributed by atoms with Crippen molar-refractivity contribution in [3.63, 3.8) is 0 Å². The number of anilines is 1. The van der Waals surface area contributed by atoms with E-state index < -0.39 is 10.7 Å². The van der Waals surface area contributed by atoms with Crippen LogP contribution in [0.2, 0.25) is 0 Å². The molecule has 1 unspecified atom stereocenters. The number of carbonyl (C=O) groups excluding carboxylic acids is 1. The van der Waals surface area contributed by atoms with Gasteiger partial charge in [0, 0.05) is 31.1 Å². The Kier molecular flexibility index (Phi) is 6.54. The second kappa shape index (κ2) is 7.92. The minimum absolute atomic E-state index is 0.0225. The summed E-state index contributed by atoms with van der Waals surface area (Å²) in [6.45, 7) is 4.03. The third-order valence-corrected chi connectivity index (χ3v) is 3.53. The minimum atomic E-state index is -0.605. The van der Waals surface area contributed by atoms with Crippen molar-refractivity contribution in [2.75, 3.05) is 11.9 Å². The summed E-state index contributed by atoms with van der Waals surface area (Å²) in [7, 11) is 0. The van der Waals surface area contributed by atoms with Gasteiger partial charge in [0.05, 0.1) is 9.40 Å². The number of nitrogens with one attached hydrogen (secondary N) is 2. The van der Waals surface area contributed by atoms with Gasteiger partial charge in [-0.15, -0.1) is 0 Å². The van der Waals surface area contributed by atoms with Crippen molar-refractivity contribution < 1.29 is 14.1 Å². The average Bonchev–Trinajstić information content (AvgIpc) is 2.41. The van der Waals surface area contributed by atoms with Crippen LogP contribution in [0.15, 0.2) is 16.6 Å². The van der Waals surface area contributed by atoms with Crippen LogP contribution in [0.25, 0.3) is 0 Å². The lowest BCUT2D eigenvalue weighted by molar-refractivity contribution is -0.384. The zero-order chi connectivity index (χ0) is 16.0. The molecule has 0 aliphatic rings. The minimum Gasteiger partial charge on any atom is -0.379 e. The lowest BCUT2D eigenvalue weighted by atomic mass is 10.2. The normalized spacial score (nSPS) is 11.8. The van der Waals surface area contributed by atoms with E-state index in [1.165, 1.54) is 0 Å². The number of nitro groups is 1. The first kappa shape index (κ1) is 17.4. The highest BCUT2D eigenvalue weighted by atomic mass is 79.9. The highest BCUT2D eigenvalue weighted by Gasteiger charge is 2.17. The van der Waals surface area contributed by atoms with Crippen LogP contribution >= 0.6 is 15.9 Å². The topological polar surface area (TPSA) is 84.3 Å². The summed E-state index contributed by atoms with van der Waals surface area (Å²) in [5.41, 5.74) is -0.192. The molecule has 0 aliphatic heterocycles. The number of hydrogen-bond donors (Lipinski definition) is 2. The van der Waals surface area contributed by atoms with Crippen LogP contribution in [0.5, 0.6) is 0 Å². The second-order valence-corrected chi connectivity index (χ2v) is 5.45. The predicted octanol–water partition coefficient (Wildman–Crippen LogP) is 3.21. The summed E-state index contributed by atoms with van der Waals surface area (Å²) < 4.78 is 13.5. The molecule has 8 heteroatoms. The molecule has 0 spiro atoms. The van der Waals surface area contributed by atoms with Crippen molar-refractivity contribution in [2.45, 2.75) is 32.7 Å². The molecule has 0 aromatic heterocycles. The first-order valence-electron chi connectivity index (χ1n) is 6.51. The maximum absolute atomic E-state index is 13.4. The molecule has 1 rings (SSSR count). The van der Waals surface area contributed by atoms with Crippen molar-refractivity contribution in [3.8, 4) is 0 Å². The van der Waals surface area contributed by atoms with Gasteiger partial charge in [0.25, 0.3) is 5.69 Å². The largest absolute Gasteiger partial charge is 0.379 e. The first-order chi connectivity index (χ1) is 9.85. The number of carbonyl (C=O) groups is 1. The molecule has 1 aromatic rings. The van der Waals surface area contributed by atoms with Gasteiger partial charge in [-0.3, -0.25) is 14.9 Å². The maximum Gasteiger partial charge on any atom is 0.293 e. The van der Waals surface area contributed by atoms with Crippen LogP contribution in [0, 0.1) is 15.9 Å². The summed E-state index contributed by atoms with van der Waals surface area (Å²) in [4.78, 5) is 21.9. The summed E-state index contributed by atoms with van der Waals surface area (Å²) >= 11 is 2.90. The highest BCUT2D eigenvalue weighted by Crippen LogP contribution is 2.30. The van der Waals surface area contributed by atoms with E-state index in [4.69, 9.17) is 0 Å². The molecule has 1 amide bonds. The second-order valence-electron chi connectivity index (χ2n) is 4.59. The molecular formula is C13H17BrFN3O3. The first-order valence-corrected chi connectivity index (χ1v) is 7.31. The van der Waals surface area contributed by atoms with Gasteiger partial charge < -0.3 is 10.6 Å². The fraction of sp³-hybridized carbons (Fsp3) is 0.462. The molecule has 21 heavy (non-hydrogen) atoms. The zero-order valence-corrected chi connectivity index (χ0v) is 13.4. The molecule has 1 atom stereocenters. The molecule has 116 valence electrons. The third kappa shape index (κ3) is 5.30. The van der Waals surface area contributed by atoms with E-state index in [1.807, 2.05) is 13.8 Å². The Morgan fingerprint density at radius 1 is 1.52 bits per heavy atom. The molecule has 6 nitrogen and oxygen atoms in total. The molecule has 0 aliphatic carbocycles. The van der Waals surface area contributed by atoms with Crippen molar-refractivity contribution in [2.24, 2.45) is 0 Å². The van der Waals surface area contributed by atoms with Gasteiger partial charge in [-0.2, -0.15) is 0 Å². The van der Waals surface area contributed by atoms with Gasteiger partial charge in [0.2, 0.25) is 5.91 Å². The highest BCUT2D eigenvalue weighted by molar-refractivity contribution is 9.10. The number of halogens is 2. The molecule has 0 radical (unpaired) electrons. The molecule has 0 saturated heterocycles. The van der Waals surface area contributed by atoms with Gasteiger partial charge in [0.1, 0.15) is 11.5 Å². The Balaban J connectivity index is 2.65. The fourth-order valence-corrected chi connectivity index (χ4v) is 1.92. The SMILES string of the molecule is CCC(C)NC(=O)CCNc1cc(F)c(Br)cc1[N+](=O)[O-]. The van der Waals surface area contributed by atoms with E-state index in [1.54, 1.807) is 0 Å². The maximum atomic E-state index is 13.4. The van der Waals surface area contributed by atoms with Crippen LogP contribution in [-0.2, 0) is 4.79 Å². The number of benzene rings is 1. The molecular weight excluding hydrogens is 345 g/mol. The van der Waals surface area contributed by atoms with Crippen LogP contribution in [0.4, 0.5) is 15.8 Å². The van der Waals surface area contributed by atoms with Gasteiger partial charge in [0.15, 0.2) is 0 Å². The predicted molar refractivity (Wildman–Crippen MR) is 81.8 cm³/mol. The fourth-order valence-electron chi connectivity index (χ4n) is 1.59. The lowest BCUT2D eigenvalue weighted by Crippen LogP contribution is -2.32. The van der Waals surface area contributed by atoms with E-state index in [2.05, 4.69) is 26.6 Å². The zero-order valence-electron chi connectivity index (χ0n) is 11.8. The number of hydrogen-bond acceptors (Lipinski definition) is 4. The Labute approximate surface area is 130 Å². The van der Waals surface area contributed by atoms with Gasteiger partial charge in [-0.1, -0.05) is 6.92 Å². The van der Waals surface area contributed by atoms with Gasteiger partial charge >= 0.3 is 0 Å². The van der Waals surface area contributed by atoms with Gasteiger partial charge in [-0.05, 0) is 29.3 Å². The lowest BCUT2D eigenvalue weighted by Gasteiger charge is -2.12.